The maximum atomic E-state index is 10.1. The molecular formula is C11H14O3. The topological polar surface area (TPSA) is 53.0 Å². The Morgan fingerprint density at radius 2 is 1.43 bits per heavy atom. The molecule has 3 aliphatic carbocycles. The van der Waals surface area contributed by atoms with E-state index in [2.05, 4.69) is 12.2 Å². The van der Waals surface area contributed by atoms with Gasteiger partial charge in [-0.15, -0.1) is 0 Å². The minimum atomic E-state index is -0.339. The van der Waals surface area contributed by atoms with Crippen LogP contribution in [-0.4, -0.2) is 34.6 Å². The van der Waals surface area contributed by atoms with E-state index < -0.39 is 0 Å². The molecule has 2 N–H and O–H groups in total. The van der Waals surface area contributed by atoms with E-state index in [0.717, 1.165) is 6.42 Å². The van der Waals surface area contributed by atoms with Gasteiger partial charge in [-0.25, -0.2) is 0 Å². The van der Waals surface area contributed by atoms with Gasteiger partial charge in [0, 0.05) is 0 Å². The first kappa shape index (κ1) is 7.85. The van der Waals surface area contributed by atoms with Gasteiger partial charge < -0.3 is 14.9 Å². The fourth-order valence-electron chi connectivity index (χ4n) is 3.98. The van der Waals surface area contributed by atoms with Gasteiger partial charge >= 0.3 is 0 Å². The number of allylic oxidation sites excluding steroid dienone is 2. The standard InChI is InChI=1S/C11H14O3/c12-8-6-4-1-2-5(3-4)7(6)9(13)11-10(8)14-11/h1-2,4-13H,3H2/t4-,5+,6-,7-,8-,9+,10+,11-/m1/s1. The Bertz CT molecular complexity index is 286. The average Bonchev–Trinajstić information content (AvgIpc) is 2.74. The lowest BCUT2D eigenvalue weighted by molar-refractivity contribution is -0.0262. The van der Waals surface area contributed by atoms with Gasteiger partial charge in [-0.2, -0.15) is 0 Å². The molecule has 2 saturated carbocycles. The van der Waals surface area contributed by atoms with Crippen LogP contribution in [0.4, 0.5) is 0 Å². The molecule has 0 aromatic rings. The normalized spacial score (nSPS) is 67.9. The Labute approximate surface area is 82.4 Å². The average molecular weight is 194 g/mol. The molecule has 0 aromatic carbocycles. The van der Waals surface area contributed by atoms with Crippen LogP contribution in [0.15, 0.2) is 12.2 Å². The molecular weight excluding hydrogens is 180 g/mol. The summed E-state index contributed by atoms with van der Waals surface area (Å²) < 4.78 is 5.34. The highest BCUT2D eigenvalue weighted by Gasteiger charge is 2.65. The Morgan fingerprint density at radius 1 is 0.929 bits per heavy atom. The maximum Gasteiger partial charge on any atom is 0.113 e. The van der Waals surface area contributed by atoms with Crippen LogP contribution in [0.25, 0.3) is 0 Å². The van der Waals surface area contributed by atoms with Gasteiger partial charge in [0.2, 0.25) is 0 Å². The highest BCUT2D eigenvalue weighted by molar-refractivity contribution is 5.22. The lowest BCUT2D eigenvalue weighted by Crippen LogP contribution is -2.48. The van der Waals surface area contributed by atoms with E-state index in [1.165, 1.54) is 0 Å². The summed E-state index contributed by atoms with van der Waals surface area (Å²) in [5.41, 5.74) is 0. The first-order valence-electron chi connectivity index (χ1n) is 5.47. The monoisotopic (exact) mass is 194 g/mol. The molecule has 1 heterocycles. The summed E-state index contributed by atoms with van der Waals surface area (Å²) in [7, 11) is 0. The first-order chi connectivity index (χ1) is 6.77. The molecule has 1 aliphatic heterocycles. The highest BCUT2D eigenvalue weighted by Crippen LogP contribution is 2.57. The molecule has 0 amide bonds. The molecule has 0 spiro atoms. The maximum absolute atomic E-state index is 10.1. The Balaban J connectivity index is 1.77. The predicted octanol–water partition coefficient (Wildman–Crippen LogP) is -0.0725. The molecule has 4 rings (SSSR count). The number of rotatable bonds is 0. The van der Waals surface area contributed by atoms with E-state index >= 15 is 0 Å². The molecule has 0 unspecified atom stereocenters. The van der Waals surface area contributed by atoms with Crippen molar-refractivity contribution in [3.8, 4) is 0 Å². The second-order valence-corrected chi connectivity index (χ2v) is 5.15. The molecule has 1 saturated heterocycles. The minimum absolute atomic E-state index is 0.0704. The molecule has 3 nitrogen and oxygen atoms in total. The summed E-state index contributed by atoms with van der Waals surface area (Å²) in [4.78, 5) is 0. The lowest BCUT2D eigenvalue weighted by Gasteiger charge is -2.37. The van der Waals surface area contributed by atoms with Gasteiger partial charge in [0.1, 0.15) is 12.2 Å². The van der Waals surface area contributed by atoms with Crippen molar-refractivity contribution < 1.29 is 14.9 Å². The van der Waals surface area contributed by atoms with Crippen molar-refractivity contribution in [2.75, 3.05) is 0 Å². The van der Waals surface area contributed by atoms with E-state index in [4.69, 9.17) is 4.74 Å². The smallest absolute Gasteiger partial charge is 0.113 e. The van der Waals surface area contributed by atoms with Crippen LogP contribution in [0, 0.1) is 23.7 Å². The Hall–Kier alpha value is -0.380. The van der Waals surface area contributed by atoms with E-state index in [9.17, 15) is 10.2 Å². The lowest BCUT2D eigenvalue weighted by atomic mass is 9.70. The molecule has 8 atom stereocenters. The van der Waals surface area contributed by atoms with Crippen molar-refractivity contribution in [3.05, 3.63) is 12.2 Å². The van der Waals surface area contributed by atoms with Gasteiger partial charge in [0.15, 0.2) is 0 Å². The van der Waals surface area contributed by atoms with Crippen molar-refractivity contribution in [1.82, 2.24) is 0 Å². The second-order valence-electron chi connectivity index (χ2n) is 5.15. The van der Waals surface area contributed by atoms with Crippen LogP contribution in [0.5, 0.6) is 0 Å². The largest absolute Gasteiger partial charge is 0.390 e. The van der Waals surface area contributed by atoms with Crippen molar-refractivity contribution in [2.45, 2.75) is 30.8 Å². The molecule has 14 heavy (non-hydrogen) atoms. The molecule has 2 bridgehead atoms. The fourth-order valence-corrected chi connectivity index (χ4v) is 3.98. The quantitative estimate of drug-likeness (QED) is 0.419. The zero-order valence-electron chi connectivity index (χ0n) is 7.78. The van der Waals surface area contributed by atoms with E-state index in [1.54, 1.807) is 0 Å². The van der Waals surface area contributed by atoms with Gasteiger partial charge in [0.05, 0.1) is 12.2 Å². The third-order valence-electron chi connectivity index (χ3n) is 4.61. The SMILES string of the molecule is O[C@@H]1[C@H]2O[C@H]2[C@H](O)[C@H]2[C@H]1[C@H]1C=C[C@@H]2C1. The van der Waals surface area contributed by atoms with Crippen molar-refractivity contribution in [1.29, 1.82) is 0 Å². The number of aliphatic hydroxyl groups excluding tert-OH is 2. The summed E-state index contributed by atoms with van der Waals surface area (Å²) in [6.07, 6.45) is 4.73. The minimum Gasteiger partial charge on any atom is -0.390 e. The molecule has 0 aromatic heterocycles. The second kappa shape index (κ2) is 2.23. The first-order valence-corrected chi connectivity index (χ1v) is 5.47. The third-order valence-corrected chi connectivity index (χ3v) is 4.61. The van der Waals surface area contributed by atoms with Crippen molar-refractivity contribution >= 4 is 0 Å². The third kappa shape index (κ3) is 0.721. The fraction of sp³-hybridized carbons (Fsp3) is 0.818. The van der Waals surface area contributed by atoms with Crippen LogP contribution in [-0.2, 0) is 4.74 Å². The van der Waals surface area contributed by atoms with Gasteiger partial charge in [-0.3, -0.25) is 0 Å². The van der Waals surface area contributed by atoms with E-state index in [1.807, 2.05) is 0 Å². The molecule has 3 heteroatoms. The summed E-state index contributed by atoms with van der Waals surface area (Å²) in [5.74, 6) is 1.48. The molecule has 76 valence electrons. The predicted molar refractivity (Wildman–Crippen MR) is 48.4 cm³/mol. The number of ether oxygens (including phenoxy) is 1. The summed E-state index contributed by atoms with van der Waals surface area (Å²) >= 11 is 0. The summed E-state index contributed by atoms with van der Waals surface area (Å²) in [6, 6.07) is 0. The Morgan fingerprint density at radius 3 is 1.93 bits per heavy atom. The van der Waals surface area contributed by atoms with Gasteiger partial charge in [0.25, 0.3) is 0 Å². The van der Waals surface area contributed by atoms with Crippen LogP contribution in [0.1, 0.15) is 6.42 Å². The number of hydrogen-bond donors (Lipinski definition) is 2. The van der Waals surface area contributed by atoms with Gasteiger partial charge in [-0.05, 0) is 30.1 Å². The number of hydrogen-bond acceptors (Lipinski definition) is 3. The summed E-state index contributed by atoms with van der Waals surface area (Å²) in [6.45, 7) is 0. The number of epoxide rings is 1. The van der Waals surface area contributed by atoms with Gasteiger partial charge in [-0.1, -0.05) is 12.2 Å². The van der Waals surface area contributed by atoms with Crippen LogP contribution >= 0.6 is 0 Å². The van der Waals surface area contributed by atoms with E-state index in [-0.39, 0.29) is 36.3 Å². The van der Waals surface area contributed by atoms with Crippen molar-refractivity contribution in [2.24, 2.45) is 23.7 Å². The number of fused-ring (bicyclic) bond motifs is 6. The molecule has 0 radical (unpaired) electrons. The molecule has 4 aliphatic rings. The number of aliphatic hydroxyl groups is 2. The van der Waals surface area contributed by atoms with Crippen LogP contribution in [0.2, 0.25) is 0 Å². The van der Waals surface area contributed by atoms with E-state index in [0.29, 0.717) is 11.8 Å². The summed E-state index contributed by atoms with van der Waals surface area (Å²) in [5, 5.41) is 20.1. The van der Waals surface area contributed by atoms with Crippen LogP contribution < -0.4 is 0 Å². The Kier molecular flexibility index (Phi) is 1.25. The highest BCUT2D eigenvalue weighted by atomic mass is 16.6. The zero-order chi connectivity index (χ0) is 9.45. The zero-order valence-corrected chi connectivity index (χ0v) is 7.78. The molecule has 3 fully saturated rings. The van der Waals surface area contributed by atoms with Crippen molar-refractivity contribution in [3.63, 3.8) is 0 Å². The van der Waals surface area contributed by atoms with Crippen LogP contribution in [0.3, 0.4) is 0 Å².